The van der Waals surface area contributed by atoms with Crippen LogP contribution in [0.15, 0.2) is 67.0 Å². The molecule has 14 heteroatoms. The van der Waals surface area contributed by atoms with Gasteiger partial charge in [0.25, 0.3) is 5.91 Å². The van der Waals surface area contributed by atoms with Crippen LogP contribution in [0.5, 0.6) is 5.75 Å². The van der Waals surface area contributed by atoms with Gasteiger partial charge in [-0.3, -0.25) is 9.59 Å². The molecule has 3 heterocycles. The predicted molar refractivity (Wildman–Crippen MR) is 171 cm³/mol. The highest BCUT2D eigenvalue weighted by molar-refractivity contribution is 6.31. The number of piperidine rings is 1. The summed E-state index contributed by atoms with van der Waals surface area (Å²) in [5.41, 5.74) is 2.11. The maximum absolute atomic E-state index is 15.2. The van der Waals surface area contributed by atoms with Crippen LogP contribution in [0.4, 0.5) is 10.1 Å². The smallest absolute Gasteiger partial charge is 0.335 e. The Labute approximate surface area is 274 Å². The Kier molecular flexibility index (Phi) is 9.55. The second kappa shape index (κ2) is 14.1. The molecular weight excluding hydrogens is 629 g/mol. The summed E-state index contributed by atoms with van der Waals surface area (Å²) >= 11 is 6.06. The summed E-state index contributed by atoms with van der Waals surface area (Å²) < 4.78 is 22.8. The first kappa shape index (κ1) is 31.8. The molecule has 0 radical (unpaired) electrons. The fourth-order valence-electron chi connectivity index (χ4n) is 5.89. The molecular formula is C33H31ClFN7O5. The molecule has 0 spiro atoms. The van der Waals surface area contributed by atoms with Crippen LogP contribution in [-0.4, -0.2) is 74.2 Å². The van der Waals surface area contributed by atoms with E-state index in [4.69, 9.17) is 16.3 Å². The number of aromatic nitrogens is 4. The highest BCUT2D eigenvalue weighted by Crippen LogP contribution is 2.37. The van der Waals surface area contributed by atoms with Crippen molar-refractivity contribution in [2.24, 2.45) is 5.92 Å². The van der Waals surface area contributed by atoms with Crippen molar-refractivity contribution in [3.8, 4) is 11.4 Å². The number of anilines is 1. The third-order valence-corrected chi connectivity index (χ3v) is 8.63. The van der Waals surface area contributed by atoms with Gasteiger partial charge in [0, 0.05) is 29.4 Å². The van der Waals surface area contributed by atoms with Crippen molar-refractivity contribution in [2.45, 2.75) is 25.3 Å². The Bertz CT molecular complexity index is 1810. The number of hydrogen-bond donors (Lipinski definition) is 3. The zero-order valence-corrected chi connectivity index (χ0v) is 25.9. The molecule has 1 saturated heterocycles. The fraction of sp³-hybridized carbons (Fsp3) is 0.273. The van der Waals surface area contributed by atoms with E-state index >= 15 is 4.39 Å². The molecule has 1 fully saturated rings. The van der Waals surface area contributed by atoms with Gasteiger partial charge in [0.2, 0.25) is 5.91 Å². The van der Waals surface area contributed by atoms with Gasteiger partial charge in [-0.25, -0.2) is 9.18 Å². The topological polar surface area (TPSA) is 152 Å². The van der Waals surface area contributed by atoms with Crippen molar-refractivity contribution in [3.63, 3.8) is 0 Å². The zero-order chi connectivity index (χ0) is 32.9. The minimum absolute atomic E-state index is 0.0105. The molecule has 1 unspecified atom stereocenters. The van der Waals surface area contributed by atoms with Gasteiger partial charge in [0.15, 0.2) is 5.82 Å². The van der Waals surface area contributed by atoms with Gasteiger partial charge >= 0.3 is 5.97 Å². The van der Waals surface area contributed by atoms with E-state index in [0.29, 0.717) is 35.9 Å². The first-order valence-electron chi connectivity index (χ1n) is 15.1. The molecule has 1 atom stereocenters. The number of aromatic carboxylic acids is 1. The molecule has 3 aromatic carbocycles. The van der Waals surface area contributed by atoms with Crippen molar-refractivity contribution >= 4 is 41.1 Å². The van der Waals surface area contributed by atoms with E-state index in [1.165, 1.54) is 64.5 Å². The van der Waals surface area contributed by atoms with Crippen molar-refractivity contribution in [1.82, 2.24) is 30.4 Å². The van der Waals surface area contributed by atoms with E-state index < -0.39 is 29.6 Å². The number of ether oxygens (including phenoxy) is 1. The number of carbonyl (C=O) groups is 3. The first-order valence-corrected chi connectivity index (χ1v) is 15.5. The van der Waals surface area contributed by atoms with Crippen molar-refractivity contribution in [1.29, 1.82) is 0 Å². The summed E-state index contributed by atoms with van der Waals surface area (Å²) in [5, 5.41) is 26.3. The van der Waals surface area contributed by atoms with Crippen LogP contribution >= 0.6 is 11.6 Å². The third kappa shape index (κ3) is 7.00. The molecule has 47 heavy (non-hydrogen) atoms. The SMILES string of the molecule is O=C(O)c1ccc(NC(=O)C2c3cccc(OCC4CCNCC4)c3CCN2C(=O)C=Cc2c(-n3cnnn3)ccc(Cl)c2F)cc1. The Morgan fingerprint density at radius 1 is 1.11 bits per heavy atom. The summed E-state index contributed by atoms with van der Waals surface area (Å²) in [6.07, 6.45) is 6.21. The Morgan fingerprint density at radius 2 is 1.89 bits per heavy atom. The van der Waals surface area contributed by atoms with Gasteiger partial charge in [-0.2, -0.15) is 4.68 Å². The summed E-state index contributed by atoms with van der Waals surface area (Å²) in [6.45, 7) is 2.61. The zero-order valence-electron chi connectivity index (χ0n) is 25.1. The van der Waals surface area contributed by atoms with Crippen molar-refractivity contribution in [2.75, 3.05) is 31.6 Å². The van der Waals surface area contributed by atoms with E-state index in [-0.39, 0.29) is 28.4 Å². The third-order valence-electron chi connectivity index (χ3n) is 8.34. The molecule has 2 aliphatic heterocycles. The molecule has 2 aliphatic rings. The summed E-state index contributed by atoms with van der Waals surface area (Å²) in [4.78, 5) is 40.5. The van der Waals surface area contributed by atoms with Gasteiger partial charge < -0.3 is 25.4 Å². The van der Waals surface area contributed by atoms with E-state index in [9.17, 15) is 19.5 Å². The minimum Gasteiger partial charge on any atom is -0.493 e. The lowest BCUT2D eigenvalue weighted by Gasteiger charge is -2.36. The molecule has 4 aromatic rings. The maximum Gasteiger partial charge on any atom is 0.335 e. The number of fused-ring (bicyclic) bond motifs is 1. The molecule has 2 amide bonds. The number of amides is 2. The Balaban J connectivity index is 1.31. The monoisotopic (exact) mass is 659 g/mol. The number of rotatable bonds is 9. The van der Waals surface area contributed by atoms with Crippen molar-refractivity contribution < 1.29 is 28.6 Å². The van der Waals surface area contributed by atoms with Crippen LogP contribution in [0, 0.1) is 11.7 Å². The van der Waals surface area contributed by atoms with Gasteiger partial charge in [0.05, 0.1) is 22.9 Å². The van der Waals surface area contributed by atoms with Crippen LogP contribution in [-0.2, 0) is 16.0 Å². The minimum atomic E-state index is -1.09. The highest BCUT2D eigenvalue weighted by Gasteiger charge is 2.37. The molecule has 0 bridgehead atoms. The lowest BCUT2D eigenvalue weighted by molar-refractivity contribution is -0.135. The van der Waals surface area contributed by atoms with Crippen LogP contribution in [0.3, 0.4) is 0 Å². The number of carboxylic acid groups (broad SMARTS) is 1. The fourth-order valence-corrected chi connectivity index (χ4v) is 6.06. The standard InChI is InChI=1S/C33H31ClFN7O5/c34-26-9-10-27(42-19-37-39-40-42)25(30(26)35)8-11-29(43)41-17-14-23-24(2-1-3-28(23)47-18-20-12-15-36-16-13-20)31(41)32(44)38-22-6-4-21(5-7-22)33(45)46/h1-11,19-20,31,36H,12-18H2,(H,38,44)(H,45,46). The van der Waals surface area contributed by atoms with Crippen molar-refractivity contribution in [3.05, 3.63) is 100 Å². The second-order valence-corrected chi connectivity index (χ2v) is 11.7. The maximum atomic E-state index is 15.2. The van der Waals surface area contributed by atoms with Crippen LogP contribution < -0.4 is 15.4 Å². The number of halogens is 2. The number of benzene rings is 3. The lowest BCUT2D eigenvalue weighted by atomic mass is 9.90. The molecule has 242 valence electrons. The van der Waals surface area contributed by atoms with Gasteiger partial charge in [-0.1, -0.05) is 23.7 Å². The molecule has 12 nitrogen and oxygen atoms in total. The molecule has 0 saturated carbocycles. The molecule has 0 aliphatic carbocycles. The summed E-state index contributed by atoms with van der Waals surface area (Å²) in [5.74, 6) is -1.82. The normalized spacial score (nSPS) is 16.6. The Hall–Kier alpha value is -5.14. The first-order chi connectivity index (χ1) is 22.8. The number of carbonyl (C=O) groups excluding carboxylic acids is 2. The number of carboxylic acids is 1. The number of nitrogens with zero attached hydrogens (tertiary/aromatic N) is 5. The molecule has 1 aromatic heterocycles. The molecule has 3 N–H and O–H groups in total. The predicted octanol–water partition coefficient (Wildman–Crippen LogP) is 4.31. The summed E-state index contributed by atoms with van der Waals surface area (Å²) in [7, 11) is 0. The number of tetrazole rings is 1. The van der Waals surface area contributed by atoms with E-state index in [1.807, 2.05) is 6.07 Å². The largest absolute Gasteiger partial charge is 0.493 e. The van der Waals surface area contributed by atoms with Crippen LogP contribution in [0.1, 0.15) is 45.9 Å². The van der Waals surface area contributed by atoms with Gasteiger partial charge in [-0.15, -0.1) is 5.10 Å². The highest BCUT2D eigenvalue weighted by atomic mass is 35.5. The van der Waals surface area contributed by atoms with Gasteiger partial charge in [0.1, 0.15) is 18.1 Å². The quantitative estimate of drug-likeness (QED) is 0.223. The molecule has 6 rings (SSSR count). The van der Waals surface area contributed by atoms with Crippen LogP contribution in [0.2, 0.25) is 5.02 Å². The number of nitrogens with one attached hydrogen (secondary N) is 2. The van der Waals surface area contributed by atoms with E-state index in [1.54, 1.807) is 12.1 Å². The number of hydrogen-bond acceptors (Lipinski definition) is 8. The van der Waals surface area contributed by atoms with Gasteiger partial charge in [-0.05, 0) is 103 Å². The second-order valence-electron chi connectivity index (χ2n) is 11.3. The Morgan fingerprint density at radius 3 is 2.62 bits per heavy atom. The van der Waals surface area contributed by atoms with E-state index in [2.05, 4.69) is 26.2 Å². The summed E-state index contributed by atoms with van der Waals surface area (Å²) in [6, 6.07) is 13.0. The van der Waals surface area contributed by atoms with Crippen LogP contribution in [0.25, 0.3) is 11.8 Å². The average molecular weight is 660 g/mol. The lowest BCUT2D eigenvalue weighted by Crippen LogP contribution is -2.45. The average Bonchev–Trinajstić information content (AvgIpc) is 3.63. The van der Waals surface area contributed by atoms with E-state index in [0.717, 1.165) is 31.5 Å².